The molecule has 4 rings (SSSR count). The standard InChI is InChI=1S/C17H21N5OS/c1-11-12(2)24-17-15(11)16(19-13(3)20-17)21-7-8-23-14(9-21)10-22-6-4-5-18-22/h4-6,14H,7-10H2,1-3H3. The van der Waals surface area contributed by atoms with Crippen molar-refractivity contribution in [3.63, 3.8) is 0 Å². The zero-order chi connectivity index (χ0) is 16.7. The Labute approximate surface area is 145 Å². The van der Waals surface area contributed by atoms with Crippen molar-refractivity contribution in [1.29, 1.82) is 0 Å². The topological polar surface area (TPSA) is 56.1 Å². The van der Waals surface area contributed by atoms with Gasteiger partial charge in [0.25, 0.3) is 0 Å². The Morgan fingerprint density at radius 1 is 1.29 bits per heavy atom. The molecule has 0 aliphatic carbocycles. The van der Waals surface area contributed by atoms with Gasteiger partial charge in [-0.3, -0.25) is 4.68 Å². The smallest absolute Gasteiger partial charge is 0.141 e. The molecule has 1 saturated heterocycles. The molecule has 0 aromatic carbocycles. The second kappa shape index (κ2) is 6.14. The van der Waals surface area contributed by atoms with E-state index in [4.69, 9.17) is 9.72 Å². The van der Waals surface area contributed by atoms with E-state index in [1.54, 1.807) is 17.5 Å². The average Bonchev–Trinajstić information content (AvgIpc) is 3.16. The fraction of sp³-hybridized carbons (Fsp3) is 0.471. The molecule has 0 bridgehead atoms. The van der Waals surface area contributed by atoms with E-state index in [1.807, 2.05) is 23.9 Å². The highest BCUT2D eigenvalue weighted by molar-refractivity contribution is 7.18. The monoisotopic (exact) mass is 343 g/mol. The summed E-state index contributed by atoms with van der Waals surface area (Å²) in [6, 6.07) is 1.94. The molecule has 3 aromatic rings. The summed E-state index contributed by atoms with van der Waals surface area (Å²) in [7, 11) is 0. The lowest BCUT2D eigenvalue weighted by Crippen LogP contribution is -2.44. The molecule has 1 aliphatic heterocycles. The number of rotatable bonds is 3. The van der Waals surface area contributed by atoms with Crippen molar-refractivity contribution in [3.05, 3.63) is 34.7 Å². The lowest BCUT2D eigenvalue weighted by molar-refractivity contribution is 0.0272. The van der Waals surface area contributed by atoms with Crippen LogP contribution < -0.4 is 4.90 Å². The van der Waals surface area contributed by atoms with Gasteiger partial charge >= 0.3 is 0 Å². The van der Waals surface area contributed by atoms with Crippen molar-refractivity contribution >= 4 is 27.4 Å². The third-order valence-electron chi connectivity index (χ3n) is 4.51. The minimum atomic E-state index is 0.115. The summed E-state index contributed by atoms with van der Waals surface area (Å²) in [5.74, 6) is 1.88. The zero-order valence-electron chi connectivity index (χ0n) is 14.2. The highest BCUT2D eigenvalue weighted by atomic mass is 32.1. The quantitative estimate of drug-likeness (QED) is 0.732. The maximum atomic E-state index is 5.94. The molecule has 1 aliphatic rings. The molecule has 0 N–H and O–H groups in total. The summed E-state index contributed by atoms with van der Waals surface area (Å²) in [6.07, 6.45) is 3.89. The van der Waals surface area contributed by atoms with E-state index >= 15 is 0 Å². The molecule has 6 nitrogen and oxygen atoms in total. The molecule has 126 valence electrons. The molecule has 1 unspecified atom stereocenters. The van der Waals surface area contributed by atoms with Crippen LogP contribution in [0.2, 0.25) is 0 Å². The second-order valence-electron chi connectivity index (χ2n) is 6.22. The molecule has 7 heteroatoms. The average molecular weight is 343 g/mol. The van der Waals surface area contributed by atoms with Crippen LogP contribution in [0.25, 0.3) is 10.2 Å². The molecular formula is C17H21N5OS. The van der Waals surface area contributed by atoms with Gasteiger partial charge in [-0.15, -0.1) is 11.3 Å². The molecule has 1 atom stereocenters. The van der Waals surface area contributed by atoms with Gasteiger partial charge in [0, 0.05) is 30.4 Å². The number of hydrogen-bond acceptors (Lipinski definition) is 6. The van der Waals surface area contributed by atoms with Gasteiger partial charge in [-0.1, -0.05) is 0 Å². The van der Waals surface area contributed by atoms with Gasteiger partial charge in [-0.05, 0) is 32.4 Å². The Balaban J connectivity index is 1.66. The third-order valence-corrected chi connectivity index (χ3v) is 5.61. The van der Waals surface area contributed by atoms with Gasteiger partial charge in [0.1, 0.15) is 16.5 Å². The van der Waals surface area contributed by atoms with Gasteiger partial charge in [0.05, 0.1) is 24.6 Å². The van der Waals surface area contributed by atoms with Crippen molar-refractivity contribution in [3.8, 4) is 0 Å². The van der Waals surface area contributed by atoms with E-state index < -0.39 is 0 Å². The van der Waals surface area contributed by atoms with Crippen LogP contribution in [0.5, 0.6) is 0 Å². The first-order valence-electron chi connectivity index (χ1n) is 8.20. The second-order valence-corrected chi connectivity index (χ2v) is 7.43. The van der Waals surface area contributed by atoms with Crippen molar-refractivity contribution in [2.75, 3.05) is 24.6 Å². The highest BCUT2D eigenvalue weighted by Crippen LogP contribution is 2.35. The first kappa shape index (κ1) is 15.5. The Kier molecular flexibility index (Phi) is 3.97. The minimum absolute atomic E-state index is 0.115. The van der Waals surface area contributed by atoms with Crippen LogP contribution in [0.1, 0.15) is 16.3 Å². The molecular weight excluding hydrogens is 322 g/mol. The first-order chi connectivity index (χ1) is 11.6. The summed E-state index contributed by atoms with van der Waals surface area (Å²) < 4.78 is 7.86. The summed E-state index contributed by atoms with van der Waals surface area (Å²) in [6.45, 7) is 9.43. The first-order valence-corrected chi connectivity index (χ1v) is 9.02. The highest BCUT2D eigenvalue weighted by Gasteiger charge is 2.25. The van der Waals surface area contributed by atoms with Gasteiger partial charge in [-0.25, -0.2) is 9.97 Å². The number of hydrogen-bond donors (Lipinski definition) is 0. The van der Waals surface area contributed by atoms with E-state index in [0.717, 1.165) is 36.1 Å². The lowest BCUT2D eigenvalue weighted by Gasteiger charge is -2.34. The van der Waals surface area contributed by atoms with E-state index in [0.29, 0.717) is 6.61 Å². The van der Waals surface area contributed by atoms with Crippen LogP contribution in [-0.2, 0) is 11.3 Å². The number of ether oxygens (including phenoxy) is 1. The zero-order valence-corrected chi connectivity index (χ0v) is 15.0. The summed E-state index contributed by atoms with van der Waals surface area (Å²) in [5, 5.41) is 5.48. The van der Waals surface area contributed by atoms with E-state index in [9.17, 15) is 0 Å². The molecule has 1 fully saturated rings. The lowest BCUT2D eigenvalue weighted by atomic mass is 10.2. The van der Waals surface area contributed by atoms with Crippen LogP contribution in [0.4, 0.5) is 5.82 Å². The number of nitrogens with zero attached hydrogens (tertiary/aromatic N) is 5. The Morgan fingerprint density at radius 3 is 2.96 bits per heavy atom. The number of aromatic nitrogens is 4. The number of thiophene rings is 1. The normalized spacial score (nSPS) is 18.5. The SMILES string of the molecule is Cc1nc(N2CCOC(Cn3cccn3)C2)c2c(C)c(C)sc2n1. The van der Waals surface area contributed by atoms with Crippen molar-refractivity contribution in [2.45, 2.75) is 33.4 Å². The van der Waals surface area contributed by atoms with Crippen LogP contribution >= 0.6 is 11.3 Å². The molecule has 0 saturated carbocycles. The van der Waals surface area contributed by atoms with Crippen molar-refractivity contribution < 1.29 is 4.74 Å². The number of anilines is 1. The summed E-state index contributed by atoms with van der Waals surface area (Å²) >= 11 is 1.75. The van der Waals surface area contributed by atoms with Gasteiger partial charge in [0.2, 0.25) is 0 Å². The molecule has 0 radical (unpaired) electrons. The fourth-order valence-electron chi connectivity index (χ4n) is 3.20. The third kappa shape index (κ3) is 2.78. The number of morpholine rings is 1. The largest absolute Gasteiger partial charge is 0.373 e. The summed E-state index contributed by atoms with van der Waals surface area (Å²) in [5.41, 5.74) is 1.29. The van der Waals surface area contributed by atoms with E-state index in [1.165, 1.54) is 15.8 Å². The Bertz CT molecular complexity index is 858. The van der Waals surface area contributed by atoms with Crippen LogP contribution in [0.3, 0.4) is 0 Å². The molecule has 24 heavy (non-hydrogen) atoms. The molecule has 0 spiro atoms. The molecule has 4 heterocycles. The van der Waals surface area contributed by atoms with Crippen LogP contribution in [0, 0.1) is 20.8 Å². The van der Waals surface area contributed by atoms with Crippen LogP contribution in [-0.4, -0.2) is 45.5 Å². The number of aryl methyl sites for hydroxylation is 3. The van der Waals surface area contributed by atoms with E-state index in [2.05, 4.69) is 28.8 Å². The minimum Gasteiger partial charge on any atom is -0.373 e. The predicted molar refractivity (Wildman–Crippen MR) is 95.8 cm³/mol. The predicted octanol–water partition coefficient (Wildman–Crippen LogP) is 2.72. The molecule has 0 amide bonds. The Hall–Kier alpha value is -1.99. The van der Waals surface area contributed by atoms with E-state index in [-0.39, 0.29) is 6.10 Å². The van der Waals surface area contributed by atoms with Gasteiger partial charge < -0.3 is 9.64 Å². The Morgan fingerprint density at radius 2 is 2.17 bits per heavy atom. The maximum Gasteiger partial charge on any atom is 0.141 e. The fourth-order valence-corrected chi connectivity index (χ4v) is 4.27. The summed E-state index contributed by atoms with van der Waals surface area (Å²) in [4.78, 5) is 14.1. The van der Waals surface area contributed by atoms with Crippen molar-refractivity contribution in [1.82, 2.24) is 19.7 Å². The van der Waals surface area contributed by atoms with Gasteiger partial charge in [0.15, 0.2) is 0 Å². The number of fused-ring (bicyclic) bond motifs is 1. The van der Waals surface area contributed by atoms with Gasteiger partial charge in [-0.2, -0.15) is 5.10 Å². The molecule has 3 aromatic heterocycles. The maximum absolute atomic E-state index is 5.94. The van der Waals surface area contributed by atoms with Crippen LogP contribution in [0.15, 0.2) is 18.5 Å². The van der Waals surface area contributed by atoms with Crippen molar-refractivity contribution in [2.24, 2.45) is 0 Å².